The van der Waals surface area contributed by atoms with Crippen molar-refractivity contribution in [2.75, 3.05) is 5.32 Å². The Bertz CT molecular complexity index is 707. The smallest absolute Gasteiger partial charge is 0.265 e. The molecule has 0 aliphatic rings. The standard InChI is InChI=1S/C20H25NO2/c1-6-19(23-18-10-8-14(3)16(5)12-18)20(22)21-17-9-7-13(2)15(4)11-17/h7-12,19H,6H2,1-5H3,(H,21,22). The summed E-state index contributed by atoms with van der Waals surface area (Å²) in [5.74, 6) is 0.615. The van der Waals surface area contributed by atoms with Crippen LogP contribution in [0.3, 0.4) is 0 Å². The average molecular weight is 311 g/mol. The van der Waals surface area contributed by atoms with E-state index in [0.717, 1.165) is 22.6 Å². The molecule has 0 aromatic heterocycles. The molecule has 1 atom stereocenters. The predicted molar refractivity (Wildman–Crippen MR) is 95.2 cm³/mol. The fraction of sp³-hybridized carbons (Fsp3) is 0.350. The van der Waals surface area contributed by atoms with E-state index in [4.69, 9.17) is 4.74 Å². The number of nitrogens with one attached hydrogen (secondary N) is 1. The van der Waals surface area contributed by atoms with Crippen LogP contribution in [-0.4, -0.2) is 12.0 Å². The van der Waals surface area contributed by atoms with Crippen molar-refractivity contribution in [3.63, 3.8) is 0 Å². The highest BCUT2D eigenvalue weighted by Crippen LogP contribution is 2.20. The van der Waals surface area contributed by atoms with Crippen LogP contribution in [0.1, 0.15) is 35.6 Å². The van der Waals surface area contributed by atoms with Gasteiger partial charge in [0, 0.05) is 5.69 Å². The van der Waals surface area contributed by atoms with E-state index < -0.39 is 6.10 Å². The summed E-state index contributed by atoms with van der Waals surface area (Å²) in [6.45, 7) is 10.1. The molecule has 23 heavy (non-hydrogen) atoms. The van der Waals surface area contributed by atoms with Gasteiger partial charge in [0.2, 0.25) is 0 Å². The van der Waals surface area contributed by atoms with Crippen molar-refractivity contribution in [1.29, 1.82) is 0 Å². The van der Waals surface area contributed by atoms with Gasteiger partial charge in [0.1, 0.15) is 5.75 Å². The van der Waals surface area contributed by atoms with Gasteiger partial charge >= 0.3 is 0 Å². The third-order valence-electron chi connectivity index (χ3n) is 4.19. The third kappa shape index (κ3) is 4.35. The number of carbonyl (C=O) groups is 1. The SMILES string of the molecule is CCC(Oc1ccc(C)c(C)c1)C(=O)Nc1ccc(C)c(C)c1. The van der Waals surface area contributed by atoms with Gasteiger partial charge in [0.05, 0.1) is 0 Å². The average Bonchev–Trinajstić information content (AvgIpc) is 2.52. The highest BCUT2D eigenvalue weighted by molar-refractivity contribution is 5.94. The van der Waals surface area contributed by atoms with Crippen LogP contribution in [0.2, 0.25) is 0 Å². The molecule has 0 saturated carbocycles. The van der Waals surface area contributed by atoms with Gasteiger partial charge in [0.25, 0.3) is 5.91 Å². The molecule has 2 rings (SSSR count). The lowest BCUT2D eigenvalue weighted by molar-refractivity contribution is -0.122. The lowest BCUT2D eigenvalue weighted by atomic mass is 10.1. The van der Waals surface area contributed by atoms with Crippen LogP contribution in [-0.2, 0) is 4.79 Å². The summed E-state index contributed by atoms with van der Waals surface area (Å²) in [4.78, 5) is 12.5. The molecule has 0 spiro atoms. The lowest BCUT2D eigenvalue weighted by Gasteiger charge is -2.18. The third-order valence-corrected chi connectivity index (χ3v) is 4.19. The first-order valence-electron chi connectivity index (χ1n) is 8.02. The minimum Gasteiger partial charge on any atom is -0.481 e. The van der Waals surface area contributed by atoms with Crippen LogP contribution in [0, 0.1) is 27.7 Å². The summed E-state index contributed by atoms with van der Waals surface area (Å²) < 4.78 is 5.88. The Balaban J connectivity index is 2.08. The molecule has 2 aromatic rings. The number of amides is 1. The van der Waals surface area contributed by atoms with Gasteiger partial charge in [-0.05, 0) is 80.6 Å². The van der Waals surface area contributed by atoms with Crippen molar-refractivity contribution in [2.45, 2.75) is 47.1 Å². The summed E-state index contributed by atoms with van der Waals surface area (Å²) in [6.07, 6.45) is 0.113. The Morgan fingerprint density at radius 3 is 2.13 bits per heavy atom. The Kier molecular flexibility index (Phi) is 5.43. The zero-order chi connectivity index (χ0) is 17.0. The molecule has 0 heterocycles. The maximum atomic E-state index is 12.5. The van der Waals surface area contributed by atoms with E-state index in [0.29, 0.717) is 6.42 Å². The minimum absolute atomic E-state index is 0.117. The van der Waals surface area contributed by atoms with Crippen molar-refractivity contribution >= 4 is 11.6 Å². The van der Waals surface area contributed by atoms with Crippen LogP contribution in [0.25, 0.3) is 0 Å². The van der Waals surface area contributed by atoms with Gasteiger partial charge in [-0.15, -0.1) is 0 Å². The molecule has 122 valence electrons. The summed E-state index contributed by atoms with van der Waals surface area (Å²) in [7, 11) is 0. The zero-order valence-electron chi connectivity index (χ0n) is 14.6. The quantitative estimate of drug-likeness (QED) is 0.868. The molecule has 0 fully saturated rings. The molecular formula is C20H25NO2. The first-order chi connectivity index (χ1) is 10.9. The van der Waals surface area contributed by atoms with E-state index in [1.54, 1.807) is 0 Å². The van der Waals surface area contributed by atoms with E-state index in [-0.39, 0.29) is 5.91 Å². The van der Waals surface area contributed by atoms with Crippen LogP contribution in [0.5, 0.6) is 5.75 Å². The zero-order valence-corrected chi connectivity index (χ0v) is 14.6. The summed E-state index contributed by atoms with van der Waals surface area (Å²) >= 11 is 0. The summed E-state index contributed by atoms with van der Waals surface area (Å²) in [5.41, 5.74) is 5.55. The second-order valence-corrected chi connectivity index (χ2v) is 6.05. The molecule has 2 aromatic carbocycles. The Morgan fingerprint density at radius 1 is 0.957 bits per heavy atom. The fourth-order valence-electron chi connectivity index (χ4n) is 2.32. The minimum atomic E-state index is -0.501. The number of carbonyl (C=O) groups excluding carboxylic acids is 1. The predicted octanol–water partition coefficient (Wildman–Crippen LogP) is 4.72. The Morgan fingerprint density at radius 2 is 1.57 bits per heavy atom. The van der Waals surface area contributed by atoms with Crippen molar-refractivity contribution in [3.05, 3.63) is 58.7 Å². The molecule has 0 bridgehead atoms. The lowest BCUT2D eigenvalue weighted by Crippen LogP contribution is -2.32. The van der Waals surface area contributed by atoms with Crippen LogP contribution in [0.15, 0.2) is 36.4 Å². The Labute approximate surface area is 138 Å². The number of hydrogen-bond donors (Lipinski definition) is 1. The molecule has 0 radical (unpaired) electrons. The van der Waals surface area contributed by atoms with Crippen LogP contribution in [0.4, 0.5) is 5.69 Å². The molecule has 1 unspecified atom stereocenters. The van der Waals surface area contributed by atoms with E-state index >= 15 is 0 Å². The molecule has 0 aliphatic carbocycles. The molecule has 3 nitrogen and oxygen atoms in total. The van der Waals surface area contributed by atoms with E-state index in [1.165, 1.54) is 11.1 Å². The second kappa shape index (κ2) is 7.32. The first kappa shape index (κ1) is 17.1. The van der Waals surface area contributed by atoms with Crippen molar-refractivity contribution in [3.8, 4) is 5.75 Å². The molecular weight excluding hydrogens is 286 g/mol. The van der Waals surface area contributed by atoms with Crippen molar-refractivity contribution in [1.82, 2.24) is 0 Å². The highest BCUT2D eigenvalue weighted by atomic mass is 16.5. The normalized spacial score (nSPS) is 11.9. The number of hydrogen-bond acceptors (Lipinski definition) is 2. The van der Waals surface area contributed by atoms with E-state index in [2.05, 4.69) is 19.2 Å². The number of benzene rings is 2. The monoisotopic (exact) mass is 311 g/mol. The van der Waals surface area contributed by atoms with E-state index in [1.807, 2.05) is 57.2 Å². The molecule has 1 N–H and O–H groups in total. The number of ether oxygens (including phenoxy) is 1. The maximum absolute atomic E-state index is 12.5. The Hall–Kier alpha value is -2.29. The molecule has 0 aliphatic heterocycles. The largest absolute Gasteiger partial charge is 0.481 e. The summed E-state index contributed by atoms with van der Waals surface area (Å²) in [6, 6.07) is 11.8. The van der Waals surface area contributed by atoms with Crippen molar-refractivity contribution < 1.29 is 9.53 Å². The number of aryl methyl sites for hydroxylation is 4. The number of rotatable bonds is 5. The van der Waals surface area contributed by atoms with Gasteiger partial charge in [-0.25, -0.2) is 0 Å². The molecule has 1 amide bonds. The summed E-state index contributed by atoms with van der Waals surface area (Å²) in [5, 5.41) is 2.94. The van der Waals surface area contributed by atoms with Gasteiger partial charge in [-0.3, -0.25) is 4.79 Å². The highest BCUT2D eigenvalue weighted by Gasteiger charge is 2.19. The van der Waals surface area contributed by atoms with Crippen LogP contribution < -0.4 is 10.1 Å². The maximum Gasteiger partial charge on any atom is 0.265 e. The van der Waals surface area contributed by atoms with Gasteiger partial charge < -0.3 is 10.1 Å². The molecule has 0 saturated heterocycles. The topological polar surface area (TPSA) is 38.3 Å². The van der Waals surface area contributed by atoms with Crippen molar-refractivity contribution in [2.24, 2.45) is 0 Å². The van der Waals surface area contributed by atoms with Gasteiger partial charge in [0.15, 0.2) is 6.10 Å². The van der Waals surface area contributed by atoms with E-state index in [9.17, 15) is 4.79 Å². The second-order valence-electron chi connectivity index (χ2n) is 6.05. The van der Waals surface area contributed by atoms with Gasteiger partial charge in [-0.2, -0.15) is 0 Å². The first-order valence-corrected chi connectivity index (χ1v) is 8.02. The molecule has 3 heteroatoms. The van der Waals surface area contributed by atoms with Gasteiger partial charge in [-0.1, -0.05) is 19.1 Å². The van der Waals surface area contributed by atoms with Crippen LogP contribution >= 0.6 is 0 Å². The number of anilines is 1. The fourth-order valence-corrected chi connectivity index (χ4v) is 2.32.